The van der Waals surface area contributed by atoms with Crippen molar-refractivity contribution in [2.24, 2.45) is 0 Å². The van der Waals surface area contributed by atoms with Gasteiger partial charge in [-0.05, 0) is 61.9 Å². The number of rotatable bonds is 3. The van der Waals surface area contributed by atoms with Crippen molar-refractivity contribution in [1.82, 2.24) is 9.55 Å². The summed E-state index contributed by atoms with van der Waals surface area (Å²) in [6, 6.07) is 12.3. The molecule has 0 N–H and O–H groups in total. The summed E-state index contributed by atoms with van der Waals surface area (Å²) in [5.74, 6) is -0.394. The zero-order valence-electron chi connectivity index (χ0n) is 15.3. The summed E-state index contributed by atoms with van der Waals surface area (Å²) in [6.07, 6.45) is 5.44. The van der Waals surface area contributed by atoms with E-state index in [9.17, 15) is 9.18 Å². The number of thioether (sulfide) groups is 1. The first-order chi connectivity index (χ1) is 13.1. The van der Waals surface area contributed by atoms with E-state index in [0.29, 0.717) is 17.4 Å². The minimum Gasteiger partial charge on any atom is -0.307 e. The van der Waals surface area contributed by atoms with Gasteiger partial charge in [-0.2, -0.15) is 0 Å². The fraction of sp³-hybridized carbons (Fsp3) is 0.238. The van der Waals surface area contributed by atoms with Gasteiger partial charge in [0, 0.05) is 17.9 Å². The lowest BCUT2D eigenvalue weighted by atomic mass is 9.99. The van der Waals surface area contributed by atoms with Crippen LogP contribution < -0.4 is 4.90 Å². The third-order valence-corrected chi connectivity index (χ3v) is 5.47. The van der Waals surface area contributed by atoms with Gasteiger partial charge in [-0.25, -0.2) is 9.37 Å². The molecule has 0 radical (unpaired) electrons. The van der Waals surface area contributed by atoms with Crippen LogP contribution in [0.2, 0.25) is 0 Å². The molecule has 1 aliphatic rings. The molecule has 0 aliphatic carbocycles. The van der Waals surface area contributed by atoms with Crippen LogP contribution in [0.25, 0.3) is 5.69 Å². The van der Waals surface area contributed by atoms with Crippen molar-refractivity contribution in [1.29, 1.82) is 0 Å². The highest BCUT2D eigenvalue weighted by molar-refractivity contribution is 7.98. The second-order valence-electron chi connectivity index (χ2n) is 6.63. The zero-order valence-corrected chi connectivity index (χ0v) is 16.1. The number of carbonyl (C=O) groups excluding carboxylic acids is 1. The highest BCUT2D eigenvalue weighted by atomic mass is 32.2. The largest absolute Gasteiger partial charge is 0.307 e. The maximum absolute atomic E-state index is 13.4. The van der Waals surface area contributed by atoms with Crippen LogP contribution >= 0.6 is 11.8 Å². The van der Waals surface area contributed by atoms with E-state index in [2.05, 4.69) is 18.0 Å². The van der Waals surface area contributed by atoms with E-state index in [1.54, 1.807) is 22.9 Å². The fourth-order valence-corrected chi connectivity index (χ4v) is 4.09. The van der Waals surface area contributed by atoms with Crippen molar-refractivity contribution in [3.8, 4) is 5.69 Å². The molecule has 27 heavy (non-hydrogen) atoms. The summed E-state index contributed by atoms with van der Waals surface area (Å²) >= 11 is 1.45. The maximum atomic E-state index is 13.4. The first-order valence-corrected chi connectivity index (χ1v) is 10.1. The van der Waals surface area contributed by atoms with E-state index in [-0.39, 0.29) is 11.7 Å². The van der Waals surface area contributed by atoms with Crippen LogP contribution in [0.1, 0.15) is 28.0 Å². The van der Waals surface area contributed by atoms with E-state index in [1.807, 2.05) is 23.3 Å². The Bertz CT molecular complexity index is 997. The quantitative estimate of drug-likeness (QED) is 0.621. The summed E-state index contributed by atoms with van der Waals surface area (Å²) < 4.78 is 15.2. The number of nitrogens with zero attached hydrogens (tertiary/aromatic N) is 3. The standard InChI is InChI=1S/C21H20FN3OS/c1-14-5-10-18-15(12-14)4-3-11-24(18)20(26)19-13-23-21(27-2)25(19)17-8-6-16(22)7-9-17/h5-10,12-13H,3-4,11H2,1-2H3. The number of benzene rings is 2. The van der Waals surface area contributed by atoms with Crippen LogP contribution in [0.5, 0.6) is 0 Å². The predicted octanol–water partition coefficient (Wildman–Crippen LogP) is 4.63. The van der Waals surface area contributed by atoms with E-state index in [4.69, 9.17) is 0 Å². The van der Waals surface area contributed by atoms with Crippen LogP contribution in [0, 0.1) is 12.7 Å². The number of aromatic nitrogens is 2. The molecule has 3 aromatic rings. The normalized spacial score (nSPS) is 13.5. The number of aryl methyl sites for hydroxylation is 2. The molecule has 0 saturated carbocycles. The Balaban J connectivity index is 1.78. The van der Waals surface area contributed by atoms with Gasteiger partial charge in [-0.15, -0.1) is 0 Å². The van der Waals surface area contributed by atoms with Gasteiger partial charge in [-0.3, -0.25) is 9.36 Å². The number of fused-ring (bicyclic) bond motifs is 1. The van der Waals surface area contributed by atoms with Crippen molar-refractivity contribution in [2.75, 3.05) is 17.7 Å². The van der Waals surface area contributed by atoms with Gasteiger partial charge in [0.25, 0.3) is 5.91 Å². The fourth-order valence-electron chi connectivity index (χ4n) is 3.54. The van der Waals surface area contributed by atoms with Crippen molar-refractivity contribution >= 4 is 23.4 Å². The second-order valence-corrected chi connectivity index (χ2v) is 7.41. The van der Waals surface area contributed by atoms with Gasteiger partial charge in [0.1, 0.15) is 11.5 Å². The van der Waals surface area contributed by atoms with Crippen molar-refractivity contribution in [3.63, 3.8) is 0 Å². The Hall–Kier alpha value is -2.60. The Morgan fingerprint density at radius 1 is 1.19 bits per heavy atom. The van der Waals surface area contributed by atoms with Crippen LogP contribution in [-0.2, 0) is 6.42 Å². The number of amides is 1. The Morgan fingerprint density at radius 2 is 1.96 bits per heavy atom. The third-order valence-electron chi connectivity index (χ3n) is 4.81. The average Bonchev–Trinajstić information content (AvgIpc) is 3.11. The second kappa shape index (κ2) is 7.19. The van der Waals surface area contributed by atoms with Gasteiger partial charge in [-0.1, -0.05) is 29.5 Å². The first kappa shape index (κ1) is 17.8. The van der Waals surface area contributed by atoms with Crippen LogP contribution in [-0.4, -0.2) is 28.3 Å². The summed E-state index contributed by atoms with van der Waals surface area (Å²) in [4.78, 5) is 19.7. The molecule has 4 rings (SSSR count). The average molecular weight is 381 g/mol. The van der Waals surface area contributed by atoms with Gasteiger partial charge in [0.05, 0.1) is 6.20 Å². The van der Waals surface area contributed by atoms with E-state index < -0.39 is 0 Å². The molecule has 6 heteroatoms. The van der Waals surface area contributed by atoms with Crippen molar-refractivity contribution < 1.29 is 9.18 Å². The Kier molecular flexibility index (Phi) is 4.74. The lowest BCUT2D eigenvalue weighted by Crippen LogP contribution is -2.36. The van der Waals surface area contributed by atoms with E-state index in [0.717, 1.165) is 24.2 Å². The molecule has 2 aromatic carbocycles. The summed E-state index contributed by atoms with van der Waals surface area (Å²) in [6.45, 7) is 2.74. The number of halogens is 1. The van der Waals surface area contributed by atoms with Crippen LogP contribution in [0.4, 0.5) is 10.1 Å². The third kappa shape index (κ3) is 3.25. The van der Waals surface area contributed by atoms with Crippen LogP contribution in [0.3, 0.4) is 0 Å². The first-order valence-electron chi connectivity index (χ1n) is 8.87. The van der Waals surface area contributed by atoms with E-state index in [1.165, 1.54) is 35.0 Å². The molecule has 138 valence electrons. The molecule has 1 aliphatic heterocycles. The molecule has 0 fully saturated rings. The molecular formula is C21H20FN3OS. The SMILES string of the molecule is CSc1ncc(C(=O)N2CCCc3cc(C)ccc32)n1-c1ccc(F)cc1. The minimum absolute atomic E-state index is 0.0862. The summed E-state index contributed by atoms with van der Waals surface area (Å²) in [5.41, 5.74) is 4.58. The number of carbonyl (C=O) groups is 1. The maximum Gasteiger partial charge on any atom is 0.276 e. The highest BCUT2D eigenvalue weighted by Gasteiger charge is 2.27. The molecule has 0 atom stereocenters. The van der Waals surface area contributed by atoms with E-state index >= 15 is 0 Å². The molecule has 0 spiro atoms. The van der Waals surface area contributed by atoms with Crippen LogP contribution in [0.15, 0.2) is 53.8 Å². The smallest absolute Gasteiger partial charge is 0.276 e. The Morgan fingerprint density at radius 3 is 2.70 bits per heavy atom. The molecule has 4 nitrogen and oxygen atoms in total. The molecular weight excluding hydrogens is 361 g/mol. The molecule has 1 aromatic heterocycles. The summed E-state index contributed by atoms with van der Waals surface area (Å²) in [5, 5.41) is 0.700. The molecule has 0 bridgehead atoms. The van der Waals surface area contributed by atoms with Gasteiger partial charge in [0.15, 0.2) is 5.16 Å². The summed E-state index contributed by atoms with van der Waals surface area (Å²) in [7, 11) is 0. The minimum atomic E-state index is -0.308. The zero-order chi connectivity index (χ0) is 19.0. The molecule has 1 amide bonds. The van der Waals surface area contributed by atoms with Crippen molar-refractivity contribution in [3.05, 3.63) is 71.3 Å². The van der Waals surface area contributed by atoms with Gasteiger partial charge in [0.2, 0.25) is 0 Å². The van der Waals surface area contributed by atoms with Gasteiger partial charge < -0.3 is 4.90 Å². The monoisotopic (exact) mass is 381 g/mol. The number of imidazole rings is 1. The predicted molar refractivity (Wildman–Crippen MR) is 106 cm³/mol. The topological polar surface area (TPSA) is 38.1 Å². The lowest BCUT2D eigenvalue weighted by molar-refractivity contribution is 0.0978. The molecule has 0 saturated heterocycles. The highest BCUT2D eigenvalue weighted by Crippen LogP contribution is 2.31. The number of hydrogen-bond donors (Lipinski definition) is 0. The van der Waals surface area contributed by atoms with Crippen molar-refractivity contribution in [2.45, 2.75) is 24.9 Å². The Labute approximate surface area is 162 Å². The molecule has 0 unspecified atom stereocenters. The number of anilines is 1. The van der Waals surface area contributed by atoms with Gasteiger partial charge >= 0.3 is 0 Å². The molecule has 2 heterocycles. The number of hydrogen-bond acceptors (Lipinski definition) is 3. The lowest BCUT2D eigenvalue weighted by Gasteiger charge is -2.30.